The highest BCUT2D eigenvalue weighted by molar-refractivity contribution is 7.18. The molecule has 6 nitrogen and oxygen atoms in total. The zero-order valence-electron chi connectivity index (χ0n) is 13.1. The van der Waals surface area contributed by atoms with E-state index in [0.717, 1.165) is 24.4 Å². The Labute approximate surface area is 153 Å². The minimum absolute atomic E-state index is 0.0122. The van der Waals surface area contributed by atoms with Gasteiger partial charge >= 0.3 is 0 Å². The molecular formula is C15H17ClN4O2S2. The van der Waals surface area contributed by atoms with E-state index in [9.17, 15) is 9.59 Å². The highest BCUT2D eigenvalue weighted by Crippen LogP contribution is 2.23. The Kier molecular flexibility index (Phi) is 5.47. The topological polar surface area (TPSA) is 75.2 Å². The number of nitrogens with zero attached hydrogens (tertiary/aromatic N) is 3. The van der Waals surface area contributed by atoms with Gasteiger partial charge in [0.15, 0.2) is 0 Å². The molecule has 128 valence electrons. The van der Waals surface area contributed by atoms with Crippen molar-refractivity contribution in [2.45, 2.75) is 19.8 Å². The van der Waals surface area contributed by atoms with Crippen LogP contribution in [0.4, 0.5) is 0 Å². The minimum Gasteiger partial charge on any atom is -0.351 e. The molecule has 0 spiro atoms. The van der Waals surface area contributed by atoms with Crippen LogP contribution in [0.1, 0.15) is 37.9 Å². The average molecular weight is 385 g/mol. The number of hydrogen-bond acceptors (Lipinski definition) is 6. The van der Waals surface area contributed by atoms with Crippen LogP contribution >= 0.6 is 34.5 Å². The number of aromatic nitrogens is 2. The fraction of sp³-hybridized carbons (Fsp3) is 0.467. The molecule has 0 aliphatic carbocycles. The first-order chi connectivity index (χ1) is 11.5. The third-order valence-electron chi connectivity index (χ3n) is 4.10. The molecule has 2 aromatic heterocycles. The maximum Gasteiger partial charge on any atom is 0.267 e. The molecule has 1 saturated heterocycles. The summed E-state index contributed by atoms with van der Waals surface area (Å²) in [5.74, 6) is 0.309. The van der Waals surface area contributed by atoms with Crippen LogP contribution in [0.2, 0.25) is 4.34 Å². The van der Waals surface area contributed by atoms with E-state index in [0.29, 0.717) is 45.3 Å². The van der Waals surface area contributed by atoms with Crippen LogP contribution in [-0.4, -0.2) is 45.9 Å². The number of amides is 2. The standard InChI is InChI=1S/C15H17ClN4O2S2/c1-9-13(24-19-18-9)15(22)20-6-4-10(5-7-20)8-17-14(21)11-2-3-12(16)23-11/h2-3,10H,4-8H2,1H3,(H,17,21). The Morgan fingerprint density at radius 2 is 2.12 bits per heavy atom. The molecule has 1 aliphatic heterocycles. The summed E-state index contributed by atoms with van der Waals surface area (Å²) in [6.45, 7) is 3.82. The van der Waals surface area contributed by atoms with Gasteiger partial charge in [-0.15, -0.1) is 16.4 Å². The van der Waals surface area contributed by atoms with Crippen LogP contribution in [0.25, 0.3) is 0 Å². The predicted octanol–water partition coefficient (Wildman–Crippen LogP) is 2.84. The Morgan fingerprint density at radius 3 is 2.71 bits per heavy atom. The molecule has 0 bridgehead atoms. The van der Waals surface area contributed by atoms with Crippen LogP contribution in [0.3, 0.4) is 0 Å². The maximum atomic E-state index is 12.4. The van der Waals surface area contributed by atoms with Gasteiger partial charge in [0.2, 0.25) is 0 Å². The van der Waals surface area contributed by atoms with Gasteiger partial charge in [-0.25, -0.2) is 0 Å². The van der Waals surface area contributed by atoms with Crippen molar-refractivity contribution in [1.82, 2.24) is 19.8 Å². The van der Waals surface area contributed by atoms with Crippen LogP contribution in [-0.2, 0) is 0 Å². The number of likely N-dealkylation sites (tertiary alicyclic amines) is 1. The van der Waals surface area contributed by atoms with Crippen LogP contribution in [0, 0.1) is 12.8 Å². The molecule has 0 saturated carbocycles. The Balaban J connectivity index is 1.46. The van der Waals surface area contributed by atoms with Crippen molar-refractivity contribution in [3.63, 3.8) is 0 Å². The zero-order valence-corrected chi connectivity index (χ0v) is 15.5. The molecule has 1 fully saturated rings. The summed E-state index contributed by atoms with van der Waals surface area (Å²) < 4.78 is 4.43. The van der Waals surface area contributed by atoms with Gasteiger partial charge in [0.25, 0.3) is 11.8 Å². The number of thiophene rings is 1. The van der Waals surface area contributed by atoms with E-state index in [4.69, 9.17) is 11.6 Å². The summed E-state index contributed by atoms with van der Waals surface area (Å²) in [5.41, 5.74) is 0.689. The molecule has 1 aliphatic rings. The van der Waals surface area contributed by atoms with Crippen molar-refractivity contribution in [1.29, 1.82) is 0 Å². The van der Waals surface area contributed by atoms with Gasteiger partial charge in [0.1, 0.15) is 4.88 Å². The molecule has 0 unspecified atom stereocenters. The third-order valence-corrected chi connectivity index (χ3v) is 6.14. The van der Waals surface area contributed by atoms with Crippen molar-refractivity contribution < 1.29 is 9.59 Å². The van der Waals surface area contributed by atoms with Crippen molar-refractivity contribution in [2.75, 3.05) is 19.6 Å². The fourth-order valence-electron chi connectivity index (χ4n) is 2.67. The number of hydrogen-bond donors (Lipinski definition) is 1. The molecule has 2 aromatic rings. The molecule has 3 heterocycles. The summed E-state index contributed by atoms with van der Waals surface area (Å²) in [5, 5.41) is 6.85. The smallest absolute Gasteiger partial charge is 0.267 e. The van der Waals surface area contributed by atoms with Crippen molar-refractivity contribution in [3.05, 3.63) is 31.9 Å². The van der Waals surface area contributed by atoms with Gasteiger partial charge < -0.3 is 10.2 Å². The monoisotopic (exact) mass is 384 g/mol. The normalized spacial score (nSPS) is 15.5. The SMILES string of the molecule is Cc1nnsc1C(=O)N1CCC(CNC(=O)c2ccc(Cl)s2)CC1. The van der Waals surface area contributed by atoms with Gasteiger partial charge in [0.05, 0.1) is 14.9 Å². The van der Waals surface area contributed by atoms with E-state index < -0.39 is 0 Å². The number of carbonyl (C=O) groups is 2. The second-order valence-electron chi connectivity index (χ2n) is 5.74. The summed E-state index contributed by atoms with van der Waals surface area (Å²) in [4.78, 5) is 27.5. The summed E-state index contributed by atoms with van der Waals surface area (Å²) >= 11 is 8.27. The maximum absolute atomic E-state index is 12.4. The van der Waals surface area contributed by atoms with Gasteiger partial charge in [-0.1, -0.05) is 16.1 Å². The van der Waals surface area contributed by atoms with Gasteiger partial charge in [-0.05, 0) is 49.3 Å². The Morgan fingerprint density at radius 1 is 1.38 bits per heavy atom. The van der Waals surface area contributed by atoms with Gasteiger partial charge in [-0.2, -0.15) is 0 Å². The van der Waals surface area contributed by atoms with E-state index in [-0.39, 0.29) is 11.8 Å². The molecule has 2 amide bonds. The van der Waals surface area contributed by atoms with E-state index >= 15 is 0 Å². The highest BCUT2D eigenvalue weighted by Gasteiger charge is 2.26. The van der Waals surface area contributed by atoms with Gasteiger partial charge in [0, 0.05) is 19.6 Å². The van der Waals surface area contributed by atoms with Crippen LogP contribution < -0.4 is 5.32 Å². The van der Waals surface area contributed by atoms with Gasteiger partial charge in [-0.3, -0.25) is 9.59 Å². The lowest BCUT2D eigenvalue weighted by atomic mass is 9.96. The lowest BCUT2D eigenvalue weighted by Gasteiger charge is -2.31. The van der Waals surface area contributed by atoms with Crippen LogP contribution in [0.15, 0.2) is 12.1 Å². The lowest BCUT2D eigenvalue weighted by molar-refractivity contribution is 0.0688. The molecule has 1 N–H and O–H groups in total. The summed E-state index contributed by atoms with van der Waals surface area (Å²) in [6.07, 6.45) is 1.75. The molecule has 0 radical (unpaired) electrons. The molecule has 0 aromatic carbocycles. The average Bonchev–Trinajstić information content (AvgIpc) is 3.21. The third kappa shape index (κ3) is 3.93. The van der Waals surface area contributed by atoms with E-state index in [1.165, 1.54) is 11.3 Å². The lowest BCUT2D eigenvalue weighted by Crippen LogP contribution is -2.41. The molecule has 24 heavy (non-hydrogen) atoms. The zero-order chi connectivity index (χ0) is 17.1. The van der Waals surface area contributed by atoms with Crippen molar-refractivity contribution >= 4 is 46.3 Å². The van der Waals surface area contributed by atoms with E-state index in [1.54, 1.807) is 19.1 Å². The van der Waals surface area contributed by atoms with Crippen molar-refractivity contribution in [2.24, 2.45) is 5.92 Å². The number of carbonyl (C=O) groups excluding carboxylic acids is 2. The molecule has 3 rings (SSSR count). The van der Waals surface area contributed by atoms with E-state index in [2.05, 4.69) is 14.9 Å². The first kappa shape index (κ1) is 17.3. The number of halogens is 1. The van der Waals surface area contributed by atoms with E-state index in [1.807, 2.05) is 4.90 Å². The second-order valence-corrected chi connectivity index (χ2v) is 8.21. The Bertz CT molecular complexity index is 737. The summed E-state index contributed by atoms with van der Waals surface area (Å²) in [7, 11) is 0. The number of nitrogens with one attached hydrogen (secondary N) is 1. The second kappa shape index (κ2) is 7.58. The van der Waals surface area contributed by atoms with Crippen LogP contribution in [0.5, 0.6) is 0 Å². The van der Waals surface area contributed by atoms with Crippen molar-refractivity contribution in [3.8, 4) is 0 Å². The first-order valence-corrected chi connectivity index (χ1v) is 9.63. The first-order valence-electron chi connectivity index (χ1n) is 7.66. The molecule has 0 atom stereocenters. The number of piperidine rings is 1. The minimum atomic E-state index is -0.0863. The highest BCUT2D eigenvalue weighted by atomic mass is 35.5. The predicted molar refractivity (Wildman–Crippen MR) is 94.9 cm³/mol. The number of aryl methyl sites for hydroxylation is 1. The largest absolute Gasteiger partial charge is 0.351 e. The molecular weight excluding hydrogens is 368 g/mol. The molecule has 9 heteroatoms. The fourth-order valence-corrected chi connectivity index (χ4v) is 4.26. The summed E-state index contributed by atoms with van der Waals surface area (Å²) in [6, 6.07) is 3.45. The Hall–Kier alpha value is -1.51. The number of rotatable bonds is 4. The quantitative estimate of drug-likeness (QED) is 0.879.